The first-order valence-corrected chi connectivity index (χ1v) is 6.67. The molecular weight excluding hydrogens is 233 g/mol. The standard InChI is InChI=1S/C14H18FNO2/c15-13-10(11-4-1-2-7-16-11)5-6-12-14(13)18-9-3-8-17-12/h5-6,11,16H,1-4,7-9H2. The van der Waals surface area contributed by atoms with E-state index in [1.165, 1.54) is 6.42 Å². The van der Waals surface area contributed by atoms with Gasteiger partial charge in [-0.3, -0.25) is 0 Å². The zero-order chi connectivity index (χ0) is 12.4. The Bertz CT molecular complexity index is 430. The monoisotopic (exact) mass is 251 g/mol. The lowest BCUT2D eigenvalue weighted by Crippen LogP contribution is -2.27. The molecule has 2 aliphatic heterocycles. The Morgan fingerprint density at radius 1 is 1.11 bits per heavy atom. The van der Waals surface area contributed by atoms with E-state index in [-0.39, 0.29) is 17.6 Å². The Hall–Kier alpha value is -1.29. The van der Waals surface area contributed by atoms with Crippen molar-refractivity contribution in [2.24, 2.45) is 0 Å². The van der Waals surface area contributed by atoms with Crippen LogP contribution in [0.2, 0.25) is 0 Å². The second-order valence-electron chi connectivity index (χ2n) is 4.85. The van der Waals surface area contributed by atoms with E-state index in [4.69, 9.17) is 9.47 Å². The van der Waals surface area contributed by atoms with Gasteiger partial charge in [-0.2, -0.15) is 0 Å². The molecule has 1 saturated heterocycles. The van der Waals surface area contributed by atoms with Crippen molar-refractivity contribution >= 4 is 0 Å². The van der Waals surface area contributed by atoms with Crippen LogP contribution in [0.4, 0.5) is 4.39 Å². The maximum Gasteiger partial charge on any atom is 0.197 e. The van der Waals surface area contributed by atoms with Crippen LogP contribution in [0.3, 0.4) is 0 Å². The zero-order valence-corrected chi connectivity index (χ0v) is 10.4. The molecule has 0 bridgehead atoms. The van der Waals surface area contributed by atoms with Gasteiger partial charge in [0.2, 0.25) is 0 Å². The molecule has 1 aromatic rings. The Labute approximate surface area is 106 Å². The highest BCUT2D eigenvalue weighted by Crippen LogP contribution is 2.37. The molecule has 0 radical (unpaired) electrons. The third-order valence-electron chi connectivity index (χ3n) is 3.57. The molecule has 4 heteroatoms. The average Bonchev–Trinajstić information content (AvgIpc) is 2.66. The fraction of sp³-hybridized carbons (Fsp3) is 0.571. The molecule has 18 heavy (non-hydrogen) atoms. The number of hydrogen-bond donors (Lipinski definition) is 1. The van der Waals surface area contributed by atoms with Gasteiger partial charge in [-0.15, -0.1) is 0 Å². The largest absolute Gasteiger partial charge is 0.489 e. The van der Waals surface area contributed by atoms with Crippen molar-refractivity contribution in [2.45, 2.75) is 31.7 Å². The number of ether oxygens (including phenoxy) is 2. The lowest BCUT2D eigenvalue weighted by Gasteiger charge is -2.25. The third-order valence-corrected chi connectivity index (χ3v) is 3.57. The first kappa shape index (κ1) is 11.8. The number of piperidine rings is 1. The predicted octanol–water partition coefficient (Wildman–Crippen LogP) is 2.80. The van der Waals surface area contributed by atoms with Crippen LogP contribution in [-0.4, -0.2) is 19.8 Å². The van der Waals surface area contributed by atoms with Crippen molar-refractivity contribution in [2.75, 3.05) is 19.8 Å². The summed E-state index contributed by atoms with van der Waals surface area (Å²) in [5.41, 5.74) is 0.707. The molecule has 0 aromatic heterocycles. The third kappa shape index (κ3) is 2.17. The van der Waals surface area contributed by atoms with Crippen molar-refractivity contribution in [3.8, 4) is 11.5 Å². The van der Waals surface area contributed by atoms with Gasteiger partial charge in [-0.1, -0.05) is 12.5 Å². The molecule has 2 aliphatic rings. The van der Waals surface area contributed by atoms with E-state index in [0.29, 0.717) is 24.5 Å². The molecule has 2 heterocycles. The molecule has 98 valence electrons. The molecule has 0 aliphatic carbocycles. The highest BCUT2D eigenvalue weighted by molar-refractivity contribution is 5.46. The second kappa shape index (κ2) is 5.14. The van der Waals surface area contributed by atoms with E-state index in [1.54, 1.807) is 0 Å². The molecule has 1 N–H and O–H groups in total. The molecule has 0 spiro atoms. The summed E-state index contributed by atoms with van der Waals surface area (Å²) < 4.78 is 25.4. The Morgan fingerprint density at radius 2 is 2.00 bits per heavy atom. The summed E-state index contributed by atoms with van der Waals surface area (Å²) in [7, 11) is 0. The summed E-state index contributed by atoms with van der Waals surface area (Å²) in [5, 5.41) is 3.36. The maximum absolute atomic E-state index is 14.5. The fourth-order valence-electron chi connectivity index (χ4n) is 2.60. The van der Waals surface area contributed by atoms with Crippen LogP contribution in [0, 0.1) is 5.82 Å². The second-order valence-corrected chi connectivity index (χ2v) is 4.85. The number of nitrogens with one attached hydrogen (secondary N) is 1. The molecule has 0 saturated carbocycles. The SMILES string of the molecule is Fc1c(C2CCCCN2)ccc2c1OCCCO2. The molecule has 1 atom stereocenters. The molecule has 1 unspecified atom stereocenters. The number of hydrogen-bond acceptors (Lipinski definition) is 3. The highest BCUT2D eigenvalue weighted by atomic mass is 19.1. The topological polar surface area (TPSA) is 30.5 Å². The molecule has 0 amide bonds. The van der Waals surface area contributed by atoms with Crippen LogP contribution >= 0.6 is 0 Å². The van der Waals surface area contributed by atoms with Gasteiger partial charge in [-0.25, -0.2) is 4.39 Å². The summed E-state index contributed by atoms with van der Waals surface area (Å²) in [6, 6.07) is 3.76. The van der Waals surface area contributed by atoms with Crippen molar-refractivity contribution in [3.05, 3.63) is 23.5 Å². The van der Waals surface area contributed by atoms with Crippen LogP contribution in [0.1, 0.15) is 37.3 Å². The summed E-state index contributed by atoms with van der Waals surface area (Å²) in [6.07, 6.45) is 4.09. The Kier molecular flexibility index (Phi) is 3.37. The molecule has 3 nitrogen and oxygen atoms in total. The minimum atomic E-state index is -0.256. The Balaban J connectivity index is 1.93. The van der Waals surface area contributed by atoms with E-state index >= 15 is 0 Å². The minimum absolute atomic E-state index is 0.107. The fourth-order valence-corrected chi connectivity index (χ4v) is 2.60. The average molecular weight is 251 g/mol. The van der Waals surface area contributed by atoms with Crippen LogP contribution < -0.4 is 14.8 Å². The van der Waals surface area contributed by atoms with Gasteiger partial charge in [-0.05, 0) is 25.5 Å². The van der Waals surface area contributed by atoms with Crippen molar-refractivity contribution in [3.63, 3.8) is 0 Å². The van der Waals surface area contributed by atoms with E-state index < -0.39 is 0 Å². The quantitative estimate of drug-likeness (QED) is 0.832. The van der Waals surface area contributed by atoms with Gasteiger partial charge in [0.25, 0.3) is 0 Å². The first-order valence-electron chi connectivity index (χ1n) is 6.67. The number of halogens is 1. The van der Waals surface area contributed by atoms with Crippen LogP contribution in [0.15, 0.2) is 12.1 Å². The zero-order valence-electron chi connectivity index (χ0n) is 10.4. The number of fused-ring (bicyclic) bond motifs is 1. The highest BCUT2D eigenvalue weighted by Gasteiger charge is 2.24. The normalized spacial score (nSPS) is 23.5. The van der Waals surface area contributed by atoms with E-state index in [0.717, 1.165) is 25.8 Å². The molecule has 1 aromatic carbocycles. The lowest BCUT2D eigenvalue weighted by molar-refractivity contribution is 0.290. The minimum Gasteiger partial charge on any atom is -0.489 e. The summed E-state index contributed by atoms with van der Waals surface area (Å²) in [4.78, 5) is 0. The van der Waals surface area contributed by atoms with Crippen molar-refractivity contribution in [1.82, 2.24) is 5.32 Å². The van der Waals surface area contributed by atoms with E-state index in [2.05, 4.69) is 5.32 Å². The summed E-state index contributed by atoms with van der Waals surface area (Å²) >= 11 is 0. The van der Waals surface area contributed by atoms with Crippen molar-refractivity contribution in [1.29, 1.82) is 0 Å². The first-order chi connectivity index (χ1) is 8.86. The molecular formula is C14H18FNO2. The van der Waals surface area contributed by atoms with Crippen molar-refractivity contribution < 1.29 is 13.9 Å². The lowest BCUT2D eigenvalue weighted by atomic mass is 9.96. The maximum atomic E-state index is 14.5. The van der Waals surface area contributed by atoms with Gasteiger partial charge in [0.15, 0.2) is 17.3 Å². The summed E-state index contributed by atoms with van der Waals surface area (Å²) in [6.45, 7) is 2.07. The summed E-state index contributed by atoms with van der Waals surface area (Å²) in [5.74, 6) is 0.565. The van der Waals surface area contributed by atoms with E-state index in [1.807, 2.05) is 12.1 Å². The van der Waals surface area contributed by atoms with Gasteiger partial charge >= 0.3 is 0 Å². The number of rotatable bonds is 1. The predicted molar refractivity (Wildman–Crippen MR) is 66.6 cm³/mol. The number of benzene rings is 1. The van der Waals surface area contributed by atoms with Gasteiger partial charge < -0.3 is 14.8 Å². The molecule has 3 rings (SSSR count). The van der Waals surface area contributed by atoms with Gasteiger partial charge in [0.05, 0.1) is 13.2 Å². The van der Waals surface area contributed by atoms with Crippen LogP contribution in [0.5, 0.6) is 11.5 Å². The van der Waals surface area contributed by atoms with Gasteiger partial charge in [0, 0.05) is 18.0 Å². The Morgan fingerprint density at radius 3 is 2.83 bits per heavy atom. The van der Waals surface area contributed by atoms with Crippen LogP contribution in [-0.2, 0) is 0 Å². The molecule has 1 fully saturated rings. The van der Waals surface area contributed by atoms with Crippen LogP contribution in [0.25, 0.3) is 0 Å². The van der Waals surface area contributed by atoms with E-state index in [9.17, 15) is 4.39 Å². The smallest absolute Gasteiger partial charge is 0.197 e. The van der Waals surface area contributed by atoms with Gasteiger partial charge in [0.1, 0.15) is 0 Å².